The van der Waals surface area contributed by atoms with Gasteiger partial charge in [0, 0.05) is 39.5 Å². The van der Waals surface area contributed by atoms with Crippen molar-refractivity contribution in [2.24, 2.45) is 11.7 Å². The molecule has 0 spiro atoms. The van der Waals surface area contributed by atoms with Gasteiger partial charge in [0.1, 0.15) is 0 Å². The Kier molecular flexibility index (Phi) is 7.95. The van der Waals surface area contributed by atoms with Gasteiger partial charge in [-0.2, -0.15) is 0 Å². The maximum absolute atomic E-state index is 11.6. The number of halogens is 1. The molecule has 1 aliphatic rings. The molecule has 0 aromatic rings. The second-order valence-corrected chi connectivity index (χ2v) is 4.95. The molecule has 0 aliphatic heterocycles. The van der Waals surface area contributed by atoms with Gasteiger partial charge < -0.3 is 16.0 Å². The van der Waals surface area contributed by atoms with E-state index in [9.17, 15) is 9.59 Å². The first-order valence-corrected chi connectivity index (χ1v) is 6.23. The first-order valence-electron chi connectivity index (χ1n) is 6.23. The van der Waals surface area contributed by atoms with Crippen LogP contribution >= 0.6 is 12.4 Å². The Morgan fingerprint density at radius 3 is 2.50 bits per heavy atom. The van der Waals surface area contributed by atoms with Crippen molar-refractivity contribution in [1.82, 2.24) is 10.2 Å². The normalized spacial score (nSPS) is 22.2. The fraction of sp³-hybridized carbons (Fsp3) is 0.833. The summed E-state index contributed by atoms with van der Waals surface area (Å²) in [6, 6.07) is 0.171. The quantitative estimate of drug-likeness (QED) is 0.769. The highest BCUT2D eigenvalue weighted by molar-refractivity contribution is 5.85. The van der Waals surface area contributed by atoms with E-state index >= 15 is 0 Å². The molecule has 1 rings (SSSR count). The molecule has 0 saturated heterocycles. The third-order valence-electron chi connectivity index (χ3n) is 3.33. The molecule has 0 aromatic heterocycles. The van der Waals surface area contributed by atoms with Gasteiger partial charge in [0.15, 0.2) is 0 Å². The molecule has 1 fully saturated rings. The molecule has 0 unspecified atom stereocenters. The standard InChI is InChI=1S/C12H23N3O2.ClH/c1-15(2)12(17)6-7-14-11(16)8-9-4-3-5-10(9)13;/h9-10H,3-8,13H2,1-2H3,(H,14,16);1H/t9-,10+;/m0./s1. The van der Waals surface area contributed by atoms with Crippen LogP contribution in [0.15, 0.2) is 0 Å². The smallest absolute Gasteiger partial charge is 0.223 e. The summed E-state index contributed by atoms with van der Waals surface area (Å²) >= 11 is 0. The molecule has 6 heteroatoms. The van der Waals surface area contributed by atoms with E-state index in [-0.39, 0.29) is 30.3 Å². The number of carbonyl (C=O) groups is 2. The van der Waals surface area contributed by atoms with Crippen molar-refractivity contribution in [3.63, 3.8) is 0 Å². The molecule has 2 amide bonds. The first kappa shape index (κ1) is 17.2. The lowest BCUT2D eigenvalue weighted by molar-refractivity contribution is -0.128. The van der Waals surface area contributed by atoms with Crippen LogP contribution in [0, 0.1) is 5.92 Å². The van der Waals surface area contributed by atoms with Gasteiger partial charge in [-0.3, -0.25) is 9.59 Å². The van der Waals surface area contributed by atoms with Gasteiger partial charge in [0.25, 0.3) is 0 Å². The monoisotopic (exact) mass is 277 g/mol. The maximum atomic E-state index is 11.6. The molecule has 0 bridgehead atoms. The highest BCUT2D eigenvalue weighted by Gasteiger charge is 2.25. The predicted molar refractivity (Wildman–Crippen MR) is 73.5 cm³/mol. The van der Waals surface area contributed by atoms with Gasteiger partial charge in [-0.05, 0) is 18.8 Å². The van der Waals surface area contributed by atoms with E-state index in [0.717, 1.165) is 19.3 Å². The Hall–Kier alpha value is -0.810. The molecule has 1 aliphatic carbocycles. The summed E-state index contributed by atoms with van der Waals surface area (Å²) in [7, 11) is 3.42. The first-order chi connectivity index (χ1) is 8.00. The van der Waals surface area contributed by atoms with Crippen LogP contribution in [0.2, 0.25) is 0 Å². The third kappa shape index (κ3) is 5.69. The molecule has 0 radical (unpaired) electrons. The zero-order chi connectivity index (χ0) is 12.8. The Bertz CT molecular complexity index is 284. The van der Waals surface area contributed by atoms with Crippen LogP contribution in [-0.4, -0.2) is 43.4 Å². The molecular weight excluding hydrogens is 254 g/mol. The van der Waals surface area contributed by atoms with E-state index in [1.54, 1.807) is 14.1 Å². The summed E-state index contributed by atoms with van der Waals surface area (Å²) in [6.45, 7) is 0.414. The summed E-state index contributed by atoms with van der Waals surface area (Å²) in [5, 5.41) is 2.77. The van der Waals surface area contributed by atoms with E-state index in [1.165, 1.54) is 4.90 Å². The van der Waals surface area contributed by atoms with Gasteiger partial charge in [0.05, 0.1) is 0 Å². The second-order valence-electron chi connectivity index (χ2n) is 4.95. The second kappa shape index (κ2) is 8.32. The summed E-state index contributed by atoms with van der Waals surface area (Å²) < 4.78 is 0. The van der Waals surface area contributed by atoms with Crippen molar-refractivity contribution in [3.05, 3.63) is 0 Å². The molecule has 3 N–H and O–H groups in total. The van der Waals surface area contributed by atoms with Crippen LogP contribution in [0.1, 0.15) is 32.1 Å². The third-order valence-corrected chi connectivity index (χ3v) is 3.33. The molecule has 106 valence electrons. The fourth-order valence-corrected chi connectivity index (χ4v) is 2.16. The number of hydrogen-bond acceptors (Lipinski definition) is 3. The SMILES string of the molecule is CN(C)C(=O)CCNC(=O)C[C@@H]1CCC[C@H]1N.Cl. The van der Waals surface area contributed by atoms with Gasteiger partial charge in [-0.25, -0.2) is 0 Å². The van der Waals surface area contributed by atoms with Crippen LogP contribution in [0.3, 0.4) is 0 Å². The number of hydrogen-bond donors (Lipinski definition) is 2. The predicted octanol–water partition coefficient (Wildman–Crippen LogP) is 0.520. The van der Waals surface area contributed by atoms with Crippen LogP contribution in [0.4, 0.5) is 0 Å². The molecule has 2 atom stereocenters. The zero-order valence-electron chi connectivity index (χ0n) is 11.1. The van der Waals surface area contributed by atoms with E-state index < -0.39 is 0 Å². The number of rotatable bonds is 5. The van der Waals surface area contributed by atoms with Crippen molar-refractivity contribution in [3.8, 4) is 0 Å². The maximum Gasteiger partial charge on any atom is 0.223 e. The highest BCUT2D eigenvalue weighted by Crippen LogP contribution is 2.26. The van der Waals surface area contributed by atoms with Crippen LogP contribution in [-0.2, 0) is 9.59 Å². The number of amides is 2. The molecule has 5 nitrogen and oxygen atoms in total. The lowest BCUT2D eigenvalue weighted by atomic mass is 10.00. The van der Waals surface area contributed by atoms with E-state index in [2.05, 4.69) is 5.32 Å². The number of carbonyl (C=O) groups excluding carboxylic acids is 2. The minimum atomic E-state index is 0. The Balaban J connectivity index is 0.00000289. The average Bonchev–Trinajstić information content (AvgIpc) is 2.64. The van der Waals surface area contributed by atoms with Crippen LogP contribution < -0.4 is 11.1 Å². The summed E-state index contributed by atoms with van der Waals surface area (Å²) in [6.07, 6.45) is 4.05. The van der Waals surface area contributed by atoms with Crippen LogP contribution in [0.5, 0.6) is 0 Å². The lowest BCUT2D eigenvalue weighted by Crippen LogP contribution is -2.33. The minimum absolute atomic E-state index is 0. The van der Waals surface area contributed by atoms with Gasteiger partial charge >= 0.3 is 0 Å². The summed E-state index contributed by atoms with van der Waals surface area (Å²) in [5.74, 6) is 0.362. The molecule has 18 heavy (non-hydrogen) atoms. The van der Waals surface area contributed by atoms with E-state index in [4.69, 9.17) is 5.73 Å². The number of nitrogens with two attached hydrogens (primary N) is 1. The highest BCUT2D eigenvalue weighted by atomic mass is 35.5. The van der Waals surface area contributed by atoms with Crippen molar-refractivity contribution < 1.29 is 9.59 Å². The van der Waals surface area contributed by atoms with Gasteiger partial charge in [-0.15, -0.1) is 12.4 Å². The zero-order valence-corrected chi connectivity index (χ0v) is 12.0. The Morgan fingerprint density at radius 1 is 1.33 bits per heavy atom. The van der Waals surface area contributed by atoms with E-state index in [1.807, 2.05) is 0 Å². The largest absolute Gasteiger partial charge is 0.356 e. The van der Waals surface area contributed by atoms with Gasteiger partial charge in [-0.1, -0.05) is 6.42 Å². The molecule has 0 aromatic carbocycles. The summed E-state index contributed by atoms with van der Waals surface area (Å²) in [5.41, 5.74) is 5.90. The lowest BCUT2D eigenvalue weighted by Gasteiger charge is -2.15. The van der Waals surface area contributed by atoms with Crippen molar-refractivity contribution in [1.29, 1.82) is 0 Å². The van der Waals surface area contributed by atoms with Crippen molar-refractivity contribution >= 4 is 24.2 Å². The topological polar surface area (TPSA) is 75.4 Å². The fourth-order valence-electron chi connectivity index (χ4n) is 2.16. The number of nitrogens with one attached hydrogen (secondary N) is 1. The Morgan fingerprint density at radius 2 is 2.00 bits per heavy atom. The Labute approximate surface area is 115 Å². The van der Waals surface area contributed by atoms with E-state index in [0.29, 0.717) is 25.3 Å². The van der Waals surface area contributed by atoms with Gasteiger partial charge in [0.2, 0.25) is 11.8 Å². The van der Waals surface area contributed by atoms with Crippen molar-refractivity contribution in [2.75, 3.05) is 20.6 Å². The molecular formula is C12H24ClN3O2. The molecule has 1 saturated carbocycles. The van der Waals surface area contributed by atoms with Crippen LogP contribution in [0.25, 0.3) is 0 Å². The molecule has 0 heterocycles. The summed E-state index contributed by atoms with van der Waals surface area (Å²) in [4.78, 5) is 24.4. The average molecular weight is 278 g/mol. The van der Waals surface area contributed by atoms with Crippen molar-refractivity contribution in [2.45, 2.75) is 38.1 Å². The number of nitrogens with zero attached hydrogens (tertiary/aromatic N) is 1. The minimum Gasteiger partial charge on any atom is -0.356 e.